The van der Waals surface area contributed by atoms with Gasteiger partial charge in [0.15, 0.2) is 5.75 Å². The SMILES string of the molecule is CCC(=O)N1CCC(Oc2ccc(-c3ccc4cccnc4c3OCCN3CCOCC3)cc2)CC1. The fourth-order valence-corrected chi connectivity index (χ4v) is 4.95. The van der Waals surface area contributed by atoms with Crippen LogP contribution >= 0.6 is 0 Å². The van der Waals surface area contributed by atoms with Crippen LogP contribution in [-0.2, 0) is 9.53 Å². The van der Waals surface area contributed by atoms with Crippen molar-refractivity contribution in [3.8, 4) is 22.6 Å². The highest BCUT2D eigenvalue weighted by Crippen LogP contribution is 2.36. The van der Waals surface area contributed by atoms with E-state index in [1.807, 2.05) is 36.2 Å². The van der Waals surface area contributed by atoms with Gasteiger partial charge in [-0.2, -0.15) is 0 Å². The molecule has 190 valence electrons. The van der Waals surface area contributed by atoms with Crippen LogP contribution in [0.5, 0.6) is 11.5 Å². The number of carbonyl (C=O) groups excluding carboxylic acids is 1. The van der Waals surface area contributed by atoms with Crippen molar-refractivity contribution < 1.29 is 19.0 Å². The molecule has 2 saturated heterocycles. The standard InChI is InChI=1S/C29H35N3O4/c1-2-27(33)32-14-11-25(12-15-32)36-24-8-5-22(6-9-24)26-10-7-23-4-3-13-30-28(23)29(26)35-21-18-31-16-19-34-20-17-31/h3-10,13,25H,2,11-12,14-21H2,1H3. The molecule has 3 heterocycles. The first-order chi connectivity index (χ1) is 17.7. The predicted molar refractivity (Wildman–Crippen MR) is 140 cm³/mol. The van der Waals surface area contributed by atoms with Crippen molar-refractivity contribution in [3.05, 3.63) is 54.7 Å². The number of carbonyl (C=O) groups is 1. The third-order valence-corrected chi connectivity index (χ3v) is 7.05. The second-order valence-electron chi connectivity index (χ2n) is 9.40. The Balaban J connectivity index is 1.28. The maximum atomic E-state index is 11.9. The van der Waals surface area contributed by atoms with Crippen LogP contribution in [0, 0.1) is 0 Å². The Morgan fingerprint density at radius 1 is 1.03 bits per heavy atom. The molecule has 1 aromatic heterocycles. The zero-order valence-electron chi connectivity index (χ0n) is 21.0. The molecule has 3 aromatic rings. The quantitative estimate of drug-likeness (QED) is 0.468. The second kappa shape index (κ2) is 11.7. The Hall–Kier alpha value is -3.16. The summed E-state index contributed by atoms with van der Waals surface area (Å²) in [5.74, 6) is 1.90. The number of ether oxygens (including phenoxy) is 3. The molecule has 0 atom stereocenters. The summed E-state index contributed by atoms with van der Waals surface area (Å²) < 4.78 is 18.1. The number of amides is 1. The molecule has 36 heavy (non-hydrogen) atoms. The van der Waals surface area contributed by atoms with E-state index >= 15 is 0 Å². The highest BCUT2D eigenvalue weighted by atomic mass is 16.5. The Morgan fingerprint density at radius 3 is 2.56 bits per heavy atom. The molecule has 2 aliphatic heterocycles. The van der Waals surface area contributed by atoms with Gasteiger partial charge in [0.2, 0.25) is 5.91 Å². The van der Waals surface area contributed by atoms with Crippen molar-refractivity contribution in [3.63, 3.8) is 0 Å². The van der Waals surface area contributed by atoms with Crippen LogP contribution in [0.3, 0.4) is 0 Å². The van der Waals surface area contributed by atoms with Crippen molar-refractivity contribution in [1.29, 1.82) is 0 Å². The number of aromatic nitrogens is 1. The van der Waals surface area contributed by atoms with Gasteiger partial charge in [0.25, 0.3) is 0 Å². The van der Waals surface area contributed by atoms with E-state index < -0.39 is 0 Å². The van der Waals surface area contributed by atoms with Gasteiger partial charge in [-0.3, -0.25) is 14.7 Å². The summed E-state index contributed by atoms with van der Waals surface area (Å²) in [5, 5.41) is 1.07. The number of rotatable bonds is 8. The molecule has 7 nitrogen and oxygen atoms in total. The van der Waals surface area contributed by atoms with E-state index in [0.717, 1.165) is 92.3 Å². The topological polar surface area (TPSA) is 64.1 Å². The van der Waals surface area contributed by atoms with Gasteiger partial charge < -0.3 is 19.1 Å². The molecule has 0 N–H and O–H groups in total. The number of hydrogen-bond donors (Lipinski definition) is 0. The molecule has 0 radical (unpaired) electrons. The molecule has 5 rings (SSSR count). The Bertz CT molecular complexity index is 1150. The molecular formula is C29H35N3O4. The van der Waals surface area contributed by atoms with Gasteiger partial charge in [0.05, 0.1) is 13.2 Å². The fourth-order valence-electron chi connectivity index (χ4n) is 4.95. The molecule has 1 amide bonds. The molecule has 2 fully saturated rings. The summed E-state index contributed by atoms with van der Waals surface area (Å²) in [6, 6.07) is 16.5. The van der Waals surface area contributed by atoms with E-state index in [-0.39, 0.29) is 12.0 Å². The van der Waals surface area contributed by atoms with Crippen molar-refractivity contribution in [1.82, 2.24) is 14.8 Å². The van der Waals surface area contributed by atoms with Crippen LogP contribution in [0.4, 0.5) is 0 Å². The number of benzene rings is 2. The van der Waals surface area contributed by atoms with Gasteiger partial charge in [-0.05, 0) is 29.8 Å². The van der Waals surface area contributed by atoms with E-state index in [0.29, 0.717) is 13.0 Å². The van der Waals surface area contributed by atoms with Crippen LogP contribution < -0.4 is 9.47 Å². The number of pyridine rings is 1. The monoisotopic (exact) mass is 489 g/mol. The van der Waals surface area contributed by atoms with E-state index in [9.17, 15) is 4.79 Å². The lowest BCUT2D eigenvalue weighted by atomic mass is 10.0. The van der Waals surface area contributed by atoms with Crippen LogP contribution in [0.2, 0.25) is 0 Å². The lowest BCUT2D eigenvalue weighted by molar-refractivity contribution is -0.132. The van der Waals surface area contributed by atoms with E-state index in [2.05, 4.69) is 40.2 Å². The fraction of sp³-hybridized carbons (Fsp3) is 0.448. The highest BCUT2D eigenvalue weighted by Gasteiger charge is 2.23. The first-order valence-corrected chi connectivity index (χ1v) is 13.1. The Labute approximate surface area is 213 Å². The van der Waals surface area contributed by atoms with E-state index in [4.69, 9.17) is 14.2 Å². The molecule has 2 aliphatic rings. The van der Waals surface area contributed by atoms with Crippen LogP contribution in [0.25, 0.3) is 22.0 Å². The maximum absolute atomic E-state index is 11.9. The Kier molecular flexibility index (Phi) is 7.98. The molecule has 2 aromatic carbocycles. The molecule has 0 bridgehead atoms. The van der Waals surface area contributed by atoms with Gasteiger partial charge in [-0.15, -0.1) is 0 Å². The smallest absolute Gasteiger partial charge is 0.222 e. The summed E-state index contributed by atoms with van der Waals surface area (Å²) in [7, 11) is 0. The minimum atomic E-state index is 0.140. The lowest BCUT2D eigenvalue weighted by Crippen LogP contribution is -2.41. The number of piperidine rings is 1. The third-order valence-electron chi connectivity index (χ3n) is 7.05. The minimum absolute atomic E-state index is 0.140. The summed E-state index contributed by atoms with van der Waals surface area (Å²) in [5.41, 5.74) is 2.98. The molecule has 0 unspecified atom stereocenters. The van der Waals surface area contributed by atoms with Gasteiger partial charge in [0.1, 0.15) is 24.0 Å². The summed E-state index contributed by atoms with van der Waals surface area (Å²) in [6.07, 6.45) is 4.25. The van der Waals surface area contributed by atoms with Gasteiger partial charge >= 0.3 is 0 Å². The number of morpholine rings is 1. The van der Waals surface area contributed by atoms with Crippen molar-refractivity contribution in [2.24, 2.45) is 0 Å². The molecular weight excluding hydrogens is 454 g/mol. The lowest BCUT2D eigenvalue weighted by Gasteiger charge is -2.32. The zero-order valence-corrected chi connectivity index (χ0v) is 21.0. The molecule has 0 spiro atoms. The molecule has 0 saturated carbocycles. The molecule has 7 heteroatoms. The highest BCUT2D eigenvalue weighted by molar-refractivity contribution is 5.92. The van der Waals surface area contributed by atoms with Crippen LogP contribution in [0.15, 0.2) is 54.7 Å². The predicted octanol–water partition coefficient (Wildman–Crippen LogP) is 4.39. The van der Waals surface area contributed by atoms with Gasteiger partial charge in [0, 0.05) is 69.1 Å². The zero-order chi connectivity index (χ0) is 24.7. The maximum Gasteiger partial charge on any atom is 0.222 e. The number of likely N-dealkylation sites (tertiary alicyclic amines) is 1. The van der Waals surface area contributed by atoms with Crippen molar-refractivity contribution in [2.75, 3.05) is 52.5 Å². The number of hydrogen-bond acceptors (Lipinski definition) is 6. The van der Waals surface area contributed by atoms with Crippen LogP contribution in [-0.4, -0.2) is 79.3 Å². The van der Waals surface area contributed by atoms with Crippen molar-refractivity contribution >= 4 is 16.8 Å². The van der Waals surface area contributed by atoms with Crippen LogP contribution in [0.1, 0.15) is 26.2 Å². The van der Waals surface area contributed by atoms with Crippen molar-refractivity contribution in [2.45, 2.75) is 32.3 Å². The normalized spacial score (nSPS) is 17.3. The average molecular weight is 490 g/mol. The first kappa shape index (κ1) is 24.5. The molecule has 0 aliphatic carbocycles. The average Bonchev–Trinajstić information content (AvgIpc) is 2.94. The number of nitrogens with zero attached hydrogens (tertiary/aromatic N) is 3. The number of fused-ring (bicyclic) bond motifs is 1. The summed E-state index contributed by atoms with van der Waals surface area (Å²) in [6.45, 7) is 8.37. The largest absolute Gasteiger partial charge is 0.490 e. The van der Waals surface area contributed by atoms with E-state index in [1.54, 1.807) is 0 Å². The third kappa shape index (κ3) is 5.79. The summed E-state index contributed by atoms with van der Waals surface area (Å²) >= 11 is 0. The van der Waals surface area contributed by atoms with Gasteiger partial charge in [-0.1, -0.05) is 31.2 Å². The first-order valence-electron chi connectivity index (χ1n) is 13.1. The second-order valence-corrected chi connectivity index (χ2v) is 9.40. The minimum Gasteiger partial charge on any atom is -0.490 e. The van der Waals surface area contributed by atoms with Gasteiger partial charge in [-0.25, -0.2) is 0 Å². The Morgan fingerprint density at radius 2 is 1.81 bits per heavy atom. The summed E-state index contributed by atoms with van der Waals surface area (Å²) in [4.78, 5) is 20.9. The van der Waals surface area contributed by atoms with E-state index in [1.165, 1.54) is 0 Å².